The Kier molecular flexibility index (Phi) is 3.26. The lowest BCUT2D eigenvalue weighted by atomic mass is 10.0. The van der Waals surface area contributed by atoms with Crippen molar-refractivity contribution in [2.45, 2.75) is 0 Å². The zero-order valence-electron chi connectivity index (χ0n) is 12.4. The van der Waals surface area contributed by atoms with Gasteiger partial charge in [0.15, 0.2) is 0 Å². The number of benzene rings is 1. The summed E-state index contributed by atoms with van der Waals surface area (Å²) in [7, 11) is 0. The normalized spacial score (nSPS) is 27.2. The van der Waals surface area contributed by atoms with Crippen LogP contribution in [0.2, 0.25) is 0 Å². The largest absolute Gasteiger partial charge is 0.338 e. The maximum absolute atomic E-state index is 12.6. The van der Waals surface area contributed by atoms with Crippen molar-refractivity contribution in [1.29, 1.82) is 0 Å². The first kappa shape index (κ1) is 13.6. The molecule has 116 valence electrons. The Bertz CT molecular complexity index is 589. The molecule has 2 N–H and O–H groups in total. The molecule has 0 spiro atoms. The molecule has 0 bridgehead atoms. The van der Waals surface area contributed by atoms with Crippen molar-refractivity contribution in [1.82, 2.24) is 15.5 Å². The number of nitrogens with one attached hydrogen (secondary N) is 2. The molecule has 1 aromatic carbocycles. The molecule has 0 aromatic heterocycles. The smallest absolute Gasteiger partial charge is 0.321 e. The second-order valence-corrected chi connectivity index (χ2v) is 6.32. The standard InChI is InChI=1S/C16H20N4O2/c21-15(19-9-12-7-17-8-13(12)10-19)11-1-3-14(4-2-11)20-6-5-18-16(20)22/h1-4,12-13,17H,5-10H2,(H,18,22)/t12-,13+. The number of rotatable bonds is 2. The van der Waals surface area contributed by atoms with E-state index >= 15 is 0 Å². The van der Waals surface area contributed by atoms with Crippen LogP contribution in [0.5, 0.6) is 0 Å². The van der Waals surface area contributed by atoms with Crippen LogP contribution in [0.3, 0.4) is 0 Å². The molecule has 3 saturated heterocycles. The van der Waals surface area contributed by atoms with E-state index in [0.29, 0.717) is 30.5 Å². The fourth-order valence-corrected chi connectivity index (χ4v) is 3.71. The van der Waals surface area contributed by atoms with Gasteiger partial charge in [-0.05, 0) is 36.1 Å². The molecule has 3 amide bonds. The number of carbonyl (C=O) groups is 2. The maximum atomic E-state index is 12.6. The fourth-order valence-electron chi connectivity index (χ4n) is 3.71. The van der Waals surface area contributed by atoms with Gasteiger partial charge in [-0.3, -0.25) is 9.69 Å². The first-order chi connectivity index (χ1) is 10.7. The van der Waals surface area contributed by atoms with E-state index in [0.717, 1.165) is 31.9 Å². The molecule has 0 radical (unpaired) electrons. The molecular weight excluding hydrogens is 280 g/mol. The molecule has 0 saturated carbocycles. The summed E-state index contributed by atoms with van der Waals surface area (Å²) in [6.45, 7) is 5.10. The average Bonchev–Trinajstić information content (AvgIpc) is 3.22. The van der Waals surface area contributed by atoms with Gasteiger partial charge in [0, 0.05) is 50.5 Å². The topological polar surface area (TPSA) is 64.7 Å². The molecule has 6 heteroatoms. The number of fused-ring (bicyclic) bond motifs is 1. The molecule has 4 rings (SSSR count). The third-order valence-electron chi connectivity index (χ3n) is 4.96. The van der Waals surface area contributed by atoms with Crippen LogP contribution in [0.4, 0.5) is 10.5 Å². The van der Waals surface area contributed by atoms with Gasteiger partial charge in [0.25, 0.3) is 5.91 Å². The highest BCUT2D eigenvalue weighted by molar-refractivity contribution is 5.97. The molecule has 22 heavy (non-hydrogen) atoms. The number of carbonyl (C=O) groups excluding carboxylic acids is 2. The summed E-state index contributed by atoms with van der Waals surface area (Å²) >= 11 is 0. The van der Waals surface area contributed by atoms with E-state index in [-0.39, 0.29) is 11.9 Å². The number of amides is 3. The Morgan fingerprint density at radius 2 is 1.77 bits per heavy atom. The number of hydrogen-bond donors (Lipinski definition) is 2. The van der Waals surface area contributed by atoms with Crippen LogP contribution < -0.4 is 15.5 Å². The SMILES string of the molecule is O=C(c1ccc(N2CCNC2=O)cc1)N1C[C@H]2CNC[C@H]2C1. The summed E-state index contributed by atoms with van der Waals surface area (Å²) in [5.41, 5.74) is 1.55. The van der Waals surface area contributed by atoms with Gasteiger partial charge in [-0.15, -0.1) is 0 Å². The highest BCUT2D eigenvalue weighted by atomic mass is 16.2. The molecule has 0 unspecified atom stereocenters. The number of nitrogens with zero attached hydrogens (tertiary/aromatic N) is 2. The minimum absolute atomic E-state index is 0.0704. The third kappa shape index (κ3) is 2.23. The van der Waals surface area contributed by atoms with Crippen LogP contribution in [0.25, 0.3) is 0 Å². The molecule has 0 aliphatic carbocycles. The summed E-state index contributed by atoms with van der Waals surface area (Å²) in [4.78, 5) is 27.9. The monoisotopic (exact) mass is 300 g/mol. The Morgan fingerprint density at radius 1 is 1.09 bits per heavy atom. The van der Waals surface area contributed by atoms with Crippen LogP contribution in [0, 0.1) is 11.8 Å². The highest BCUT2D eigenvalue weighted by Crippen LogP contribution is 2.28. The van der Waals surface area contributed by atoms with Crippen molar-refractivity contribution in [2.75, 3.05) is 44.2 Å². The number of anilines is 1. The van der Waals surface area contributed by atoms with Crippen LogP contribution in [0.15, 0.2) is 24.3 Å². The van der Waals surface area contributed by atoms with Crippen LogP contribution in [-0.4, -0.2) is 56.1 Å². The first-order valence-corrected chi connectivity index (χ1v) is 7.88. The zero-order valence-corrected chi connectivity index (χ0v) is 12.4. The fraction of sp³-hybridized carbons (Fsp3) is 0.500. The second kappa shape index (κ2) is 5.28. The zero-order chi connectivity index (χ0) is 15.1. The van der Waals surface area contributed by atoms with Crippen molar-refractivity contribution in [3.05, 3.63) is 29.8 Å². The molecule has 3 fully saturated rings. The van der Waals surface area contributed by atoms with Crippen molar-refractivity contribution >= 4 is 17.6 Å². The lowest BCUT2D eigenvalue weighted by Crippen LogP contribution is -2.32. The van der Waals surface area contributed by atoms with Gasteiger partial charge in [0.1, 0.15) is 0 Å². The molecular formula is C16H20N4O2. The summed E-state index contributed by atoms with van der Waals surface area (Å²) in [6, 6.07) is 7.30. The molecule has 2 atom stereocenters. The first-order valence-electron chi connectivity index (χ1n) is 7.88. The summed E-state index contributed by atoms with van der Waals surface area (Å²) in [6.07, 6.45) is 0. The predicted molar refractivity (Wildman–Crippen MR) is 82.9 cm³/mol. The van der Waals surface area contributed by atoms with E-state index < -0.39 is 0 Å². The average molecular weight is 300 g/mol. The Balaban J connectivity index is 1.46. The van der Waals surface area contributed by atoms with Crippen molar-refractivity contribution in [2.24, 2.45) is 11.8 Å². The molecule has 6 nitrogen and oxygen atoms in total. The van der Waals surface area contributed by atoms with E-state index in [9.17, 15) is 9.59 Å². The predicted octanol–water partition coefficient (Wildman–Crippen LogP) is 0.508. The van der Waals surface area contributed by atoms with Crippen molar-refractivity contribution in [3.63, 3.8) is 0 Å². The van der Waals surface area contributed by atoms with E-state index in [2.05, 4.69) is 10.6 Å². The van der Waals surface area contributed by atoms with Gasteiger partial charge in [-0.25, -0.2) is 4.79 Å². The van der Waals surface area contributed by atoms with E-state index in [4.69, 9.17) is 0 Å². The molecule has 3 aliphatic rings. The molecule has 1 aromatic rings. The number of urea groups is 1. The van der Waals surface area contributed by atoms with Gasteiger partial charge >= 0.3 is 6.03 Å². The van der Waals surface area contributed by atoms with Crippen LogP contribution >= 0.6 is 0 Å². The minimum Gasteiger partial charge on any atom is -0.338 e. The maximum Gasteiger partial charge on any atom is 0.321 e. The van der Waals surface area contributed by atoms with E-state index in [1.54, 1.807) is 4.90 Å². The van der Waals surface area contributed by atoms with Crippen LogP contribution in [-0.2, 0) is 0 Å². The van der Waals surface area contributed by atoms with Gasteiger partial charge in [-0.1, -0.05) is 0 Å². The van der Waals surface area contributed by atoms with Gasteiger partial charge < -0.3 is 15.5 Å². The van der Waals surface area contributed by atoms with Gasteiger partial charge in [0.2, 0.25) is 0 Å². The minimum atomic E-state index is -0.0704. The Hall–Kier alpha value is -2.08. The Labute approximate surface area is 129 Å². The quantitative estimate of drug-likeness (QED) is 0.836. The lowest BCUT2D eigenvalue weighted by Gasteiger charge is -2.19. The summed E-state index contributed by atoms with van der Waals surface area (Å²) in [5.74, 6) is 1.32. The van der Waals surface area contributed by atoms with Gasteiger partial charge in [-0.2, -0.15) is 0 Å². The van der Waals surface area contributed by atoms with Crippen molar-refractivity contribution in [3.8, 4) is 0 Å². The number of hydrogen-bond acceptors (Lipinski definition) is 3. The summed E-state index contributed by atoms with van der Waals surface area (Å²) in [5, 5.41) is 6.16. The lowest BCUT2D eigenvalue weighted by molar-refractivity contribution is 0.0781. The second-order valence-electron chi connectivity index (χ2n) is 6.32. The highest BCUT2D eigenvalue weighted by Gasteiger charge is 2.38. The van der Waals surface area contributed by atoms with E-state index in [1.807, 2.05) is 29.2 Å². The van der Waals surface area contributed by atoms with Crippen LogP contribution in [0.1, 0.15) is 10.4 Å². The summed E-state index contributed by atoms with van der Waals surface area (Å²) < 4.78 is 0. The number of likely N-dealkylation sites (tertiary alicyclic amines) is 1. The van der Waals surface area contributed by atoms with Gasteiger partial charge in [0.05, 0.1) is 0 Å². The van der Waals surface area contributed by atoms with E-state index in [1.165, 1.54) is 0 Å². The Morgan fingerprint density at radius 3 is 2.36 bits per heavy atom. The van der Waals surface area contributed by atoms with Crippen molar-refractivity contribution < 1.29 is 9.59 Å². The molecule has 3 aliphatic heterocycles. The molecule has 3 heterocycles. The third-order valence-corrected chi connectivity index (χ3v) is 4.96.